The molecular weight excluding hydrogens is 311 g/mol. The van der Waals surface area contributed by atoms with Gasteiger partial charge in [-0.05, 0) is 55.0 Å². The van der Waals surface area contributed by atoms with Gasteiger partial charge in [0.25, 0.3) is 0 Å². The third-order valence-electron chi connectivity index (χ3n) is 3.32. The lowest BCUT2D eigenvalue weighted by Gasteiger charge is -2.11. The largest absolute Gasteiger partial charge is 0.497 e. The molecule has 24 heavy (non-hydrogen) atoms. The molecule has 0 N–H and O–H groups in total. The first-order valence-corrected chi connectivity index (χ1v) is 7.32. The van der Waals surface area contributed by atoms with E-state index in [1.54, 1.807) is 24.3 Å². The van der Waals surface area contributed by atoms with E-state index in [1.165, 1.54) is 50.5 Å². The van der Waals surface area contributed by atoms with Gasteiger partial charge in [-0.2, -0.15) is 0 Å². The van der Waals surface area contributed by atoms with E-state index in [0.717, 1.165) is 0 Å². The van der Waals surface area contributed by atoms with Crippen molar-refractivity contribution in [1.82, 2.24) is 0 Å². The maximum Gasteiger partial charge on any atom is 0.331 e. The van der Waals surface area contributed by atoms with Crippen molar-refractivity contribution >= 4 is 17.8 Å². The fourth-order valence-electron chi connectivity index (χ4n) is 2.00. The van der Waals surface area contributed by atoms with Gasteiger partial charge in [0, 0.05) is 11.6 Å². The van der Waals surface area contributed by atoms with Crippen LogP contribution >= 0.6 is 0 Å². The second-order valence-electron chi connectivity index (χ2n) is 5.06. The fraction of sp³-hybridized carbons (Fsp3) is 0.158. The molecule has 2 rings (SSSR count). The maximum absolute atomic E-state index is 12.8. The Kier molecular flexibility index (Phi) is 5.84. The molecule has 0 radical (unpaired) electrons. The summed E-state index contributed by atoms with van der Waals surface area (Å²) in [5, 5.41) is 0. The van der Waals surface area contributed by atoms with Gasteiger partial charge >= 0.3 is 5.97 Å². The van der Waals surface area contributed by atoms with Gasteiger partial charge in [0.1, 0.15) is 11.6 Å². The summed E-state index contributed by atoms with van der Waals surface area (Å²) in [6.07, 6.45) is 1.78. The average Bonchev–Trinajstić information content (AvgIpc) is 2.60. The lowest BCUT2D eigenvalue weighted by Crippen LogP contribution is -2.23. The van der Waals surface area contributed by atoms with Crippen LogP contribution in [0.2, 0.25) is 0 Å². The molecule has 0 bridgehead atoms. The summed E-state index contributed by atoms with van der Waals surface area (Å²) in [6.45, 7) is 1.51. The standard InChI is InChI=1S/C19H17FO4/c1-13(19(22)15-6-10-17(23-2)11-7-15)24-18(21)12-5-14-3-8-16(20)9-4-14/h3-13H,1-2H3/b12-5+. The molecule has 0 amide bonds. The predicted molar refractivity (Wildman–Crippen MR) is 88.3 cm³/mol. The summed E-state index contributed by atoms with van der Waals surface area (Å²) in [6, 6.07) is 12.2. The highest BCUT2D eigenvalue weighted by Crippen LogP contribution is 2.14. The van der Waals surface area contributed by atoms with E-state index in [1.807, 2.05) is 0 Å². The molecule has 1 atom stereocenters. The number of rotatable bonds is 6. The lowest BCUT2D eigenvalue weighted by molar-refractivity contribution is -0.140. The highest BCUT2D eigenvalue weighted by Gasteiger charge is 2.18. The van der Waals surface area contributed by atoms with Crippen LogP contribution in [-0.2, 0) is 9.53 Å². The van der Waals surface area contributed by atoms with Gasteiger partial charge in [-0.1, -0.05) is 12.1 Å². The molecule has 2 aromatic rings. The smallest absolute Gasteiger partial charge is 0.331 e. The van der Waals surface area contributed by atoms with Crippen molar-refractivity contribution in [1.29, 1.82) is 0 Å². The van der Waals surface area contributed by atoms with Gasteiger partial charge < -0.3 is 9.47 Å². The minimum Gasteiger partial charge on any atom is -0.497 e. The Morgan fingerprint density at radius 3 is 2.25 bits per heavy atom. The number of carbonyl (C=O) groups excluding carboxylic acids is 2. The molecule has 2 aromatic carbocycles. The maximum atomic E-state index is 12.8. The van der Waals surface area contributed by atoms with Crippen LogP contribution in [0, 0.1) is 5.82 Å². The van der Waals surface area contributed by atoms with E-state index < -0.39 is 12.1 Å². The second-order valence-corrected chi connectivity index (χ2v) is 5.06. The zero-order valence-electron chi connectivity index (χ0n) is 13.4. The van der Waals surface area contributed by atoms with Crippen molar-refractivity contribution in [3.05, 3.63) is 71.6 Å². The van der Waals surface area contributed by atoms with Gasteiger partial charge in [0.2, 0.25) is 5.78 Å². The van der Waals surface area contributed by atoms with Crippen molar-refractivity contribution in [2.24, 2.45) is 0 Å². The number of benzene rings is 2. The Bertz CT molecular complexity index is 733. The molecule has 4 nitrogen and oxygen atoms in total. The first-order chi connectivity index (χ1) is 11.5. The van der Waals surface area contributed by atoms with E-state index in [4.69, 9.17) is 9.47 Å². The van der Waals surface area contributed by atoms with Gasteiger partial charge in [0.15, 0.2) is 6.10 Å². The number of Topliss-reactive ketones (excluding diaryl/α,β-unsaturated/α-hetero) is 1. The Balaban J connectivity index is 1.94. The Morgan fingerprint density at radius 1 is 1.04 bits per heavy atom. The lowest BCUT2D eigenvalue weighted by atomic mass is 10.1. The van der Waals surface area contributed by atoms with Crippen LogP contribution in [0.15, 0.2) is 54.6 Å². The molecule has 0 heterocycles. The second kappa shape index (κ2) is 8.06. The van der Waals surface area contributed by atoms with E-state index in [9.17, 15) is 14.0 Å². The van der Waals surface area contributed by atoms with Crippen LogP contribution in [0.1, 0.15) is 22.8 Å². The van der Waals surface area contributed by atoms with Crippen molar-refractivity contribution in [3.8, 4) is 5.75 Å². The van der Waals surface area contributed by atoms with Crippen molar-refractivity contribution in [2.75, 3.05) is 7.11 Å². The fourth-order valence-corrected chi connectivity index (χ4v) is 2.00. The molecule has 0 aliphatic heterocycles. The molecule has 124 valence electrons. The van der Waals surface area contributed by atoms with Gasteiger partial charge in [0.05, 0.1) is 7.11 Å². The molecule has 0 fully saturated rings. The molecule has 1 unspecified atom stereocenters. The zero-order valence-corrected chi connectivity index (χ0v) is 13.4. The highest BCUT2D eigenvalue weighted by molar-refractivity contribution is 6.01. The van der Waals surface area contributed by atoms with Gasteiger partial charge in [-0.25, -0.2) is 9.18 Å². The number of hydrogen-bond acceptors (Lipinski definition) is 4. The van der Waals surface area contributed by atoms with Crippen LogP contribution in [0.4, 0.5) is 4.39 Å². The van der Waals surface area contributed by atoms with Gasteiger partial charge in [-0.3, -0.25) is 4.79 Å². The number of methoxy groups -OCH3 is 1. The Labute approximate surface area is 139 Å². The molecule has 0 spiro atoms. The minimum absolute atomic E-state index is 0.304. The normalized spacial score (nSPS) is 12.0. The number of carbonyl (C=O) groups is 2. The van der Waals surface area contributed by atoms with Crippen molar-refractivity contribution in [3.63, 3.8) is 0 Å². The van der Waals surface area contributed by atoms with E-state index in [-0.39, 0.29) is 11.6 Å². The zero-order chi connectivity index (χ0) is 17.5. The third kappa shape index (κ3) is 4.78. The van der Waals surface area contributed by atoms with E-state index in [2.05, 4.69) is 0 Å². The summed E-state index contributed by atoms with van der Waals surface area (Å²) >= 11 is 0. The molecule has 0 saturated carbocycles. The van der Waals surface area contributed by atoms with Crippen LogP contribution in [0.25, 0.3) is 6.08 Å². The monoisotopic (exact) mass is 328 g/mol. The number of ether oxygens (including phenoxy) is 2. The Morgan fingerprint density at radius 2 is 1.67 bits per heavy atom. The van der Waals surface area contributed by atoms with Gasteiger partial charge in [-0.15, -0.1) is 0 Å². The van der Waals surface area contributed by atoms with E-state index in [0.29, 0.717) is 16.9 Å². The van der Waals surface area contributed by atoms with E-state index >= 15 is 0 Å². The van der Waals surface area contributed by atoms with Crippen LogP contribution < -0.4 is 4.74 Å². The summed E-state index contributed by atoms with van der Waals surface area (Å²) < 4.78 is 22.9. The number of esters is 1. The molecule has 0 saturated heterocycles. The SMILES string of the molecule is COc1ccc(C(=O)C(C)OC(=O)/C=C/c2ccc(F)cc2)cc1. The summed E-state index contributed by atoms with van der Waals surface area (Å²) in [7, 11) is 1.54. The first kappa shape index (κ1) is 17.4. The number of hydrogen-bond donors (Lipinski definition) is 0. The van der Waals surface area contributed by atoms with Crippen LogP contribution in [-0.4, -0.2) is 25.0 Å². The predicted octanol–water partition coefficient (Wildman–Crippen LogP) is 3.66. The highest BCUT2D eigenvalue weighted by atomic mass is 19.1. The molecule has 0 aliphatic rings. The average molecular weight is 328 g/mol. The molecule has 5 heteroatoms. The number of halogens is 1. The van der Waals surface area contributed by atoms with Crippen molar-refractivity contribution in [2.45, 2.75) is 13.0 Å². The first-order valence-electron chi connectivity index (χ1n) is 7.32. The molecule has 0 aromatic heterocycles. The quantitative estimate of drug-likeness (QED) is 0.461. The number of ketones is 1. The Hall–Kier alpha value is -2.95. The molecular formula is C19H17FO4. The topological polar surface area (TPSA) is 52.6 Å². The third-order valence-corrected chi connectivity index (χ3v) is 3.32. The van der Waals surface area contributed by atoms with Crippen LogP contribution in [0.5, 0.6) is 5.75 Å². The van der Waals surface area contributed by atoms with Crippen LogP contribution in [0.3, 0.4) is 0 Å². The summed E-state index contributed by atoms with van der Waals surface area (Å²) in [5.41, 5.74) is 1.08. The summed E-state index contributed by atoms with van der Waals surface area (Å²) in [4.78, 5) is 24.0. The summed E-state index contributed by atoms with van der Waals surface area (Å²) in [5.74, 6) is -0.665. The molecule has 0 aliphatic carbocycles. The minimum atomic E-state index is -0.913. The van der Waals surface area contributed by atoms with Crippen molar-refractivity contribution < 1.29 is 23.5 Å².